The van der Waals surface area contributed by atoms with Crippen molar-refractivity contribution in [2.45, 2.75) is 56.5 Å². The minimum absolute atomic E-state index is 0.139. The highest BCUT2D eigenvalue weighted by atomic mass is 35.5. The molecule has 0 spiro atoms. The summed E-state index contributed by atoms with van der Waals surface area (Å²) in [7, 11) is 1.78. The molecule has 3 N–H and O–H groups in total. The predicted octanol–water partition coefficient (Wildman–Crippen LogP) is 4.90. The molecule has 1 aliphatic heterocycles. The number of aliphatic hydroxyl groups excluding tert-OH is 1. The van der Waals surface area contributed by atoms with Crippen LogP contribution in [0.4, 0.5) is 0 Å². The van der Waals surface area contributed by atoms with Crippen molar-refractivity contribution in [2.75, 3.05) is 13.6 Å². The van der Waals surface area contributed by atoms with E-state index in [-0.39, 0.29) is 12.3 Å². The van der Waals surface area contributed by atoms with Crippen LogP contribution in [0.15, 0.2) is 48.7 Å². The van der Waals surface area contributed by atoms with E-state index in [1.54, 1.807) is 7.05 Å². The van der Waals surface area contributed by atoms with Gasteiger partial charge >= 0.3 is 0 Å². The van der Waals surface area contributed by atoms with Gasteiger partial charge in [-0.15, -0.1) is 0 Å². The molecule has 1 aliphatic carbocycles. The fourth-order valence-corrected chi connectivity index (χ4v) is 5.21. The Morgan fingerprint density at radius 3 is 2.70 bits per heavy atom. The lowest BCUT2D eigenvalue weighted by atomic mass is 10.0. The molecule has 2 aliphatic rings. The largest absolute Gasteiger partial charge is 0.393 e. The van der Waals surface area contributed by atoms with Crippen molar-refractivity contribution in [1.82, 2.24) is 15.2 Å². The maximum atomic E-state index is 10.6. The molecule has 174 valence electrons. The lowest BCUT2D eigenvalue weighted by Gasteiger charge is -2.34. The first-order valence-corrected chi connectivity index (χ1v) is 12.5. The summed E-state index contributed by atoms with van der Waals surface area (Å²) in [5.74, 6) is 0.759. The van der Waals surface area contributed by atoms with Gasteiger partial charge in [0.1, 0.15) is 6.23 Å². The molecule has 3 aromatic rings. The number of hydrogen-bond acceptors (Lipinski definition) is 3. The maximum absolute atomic E-state index is 10.6. The molecule has 1 saturated heterocycles. The first-order valence-electron chi connectivity index (χ1n) is 11.7. The van der Waals surface area contributed by atoms with Gasteiger partial charge in [-0.25, -0.2) is 0 Å². The second kappa shape index (κ2) is 9.63. The highest BCUT2D eigenvalue weighted by Gasteiger charge is 2.31. The standard InChI is InChI=1S/C26H30ClN3O2S/c1-28-26(33)29-14-21-12-20(31)13-24(32-21)30-15-19(25-22(27)3-2-4-23(25)30)11-16-5-7-17(8-6-16)18-9-10-18/h2-8,15,18,20-21,24,31H,9-14H2,1H3,(H2,28,29,33)/t20-,21-,24+/m0/s1. The van der Waals surface area contributed by atoms with Crippen LogP contribution < -0.4 is 10.6 Å². The SMILES string of the molecule is CNC(=S)NC[C@@H]1C[C@H](O)C[C@H](n2cc(Cc3ccc(C4CC4)cc3)c3c(Cl)cccc32)O1. The number of halogens is 1. The second-order valence-corrected chi connectivity index (χ2v) is 10.0. The van der Waals surface area contributed by atoms with E-state index in [1.165, 1.54) is 29.5 Å². The molecule has 0 bridgehead atoms. The van der Waals surface area contributed by atoms with Crippen molar-refractivity contribution < 1.29 is 9.84 Å². The van der Waals surface area contributed by atoms with Crippen LogP contribution in [0, 0.1) is 0 Å². The van der Waals surface area contributed by atoms with Gasteiger partial charge in [0.2, 0.25) is 0 Å². The Morgan fingerprint density at radius 1 is 1.18 bits per heavy atom. The number of aromatic nitrogens is 1. The summed E-state index contributed by atoms with van der Waals surface area (Å²) in [5, 5.41) is 19.0. The molecule has 0 amide bonds. The molecular weight excluding hydrogens is 454 g/mol. The average molecular weight is 484 g/mol. The highest BCUT2D eigenvalue weighted by Crippen LogP contribution is 2.40. The maximum Gasteiger partial charge on any atom is 0.166 e. The van der Waals surface area contributed by atoms with Gasteiger partial charge < -0.3 is 25.0 Å². The minimum atomic E-state index is -0.436. The van der Waals surface area contributed by atoms with E-state index < -0.39 is 6.10 Å². The van der Waals surface area contributed by atoms with Crippen LogP contribution in [0.2, 0.25) is 5.02 Å². The Morgan fingerprint density at radius 2 is 1.97 bits per heavy atom. The van der Waals surface area contributed by atoms with E-state index in [4.69, 9.17) is 28.6 Å². The quantitative estimate of drug-likeness (QED) is 0.435. The van der Waals surface area contributed by atoms with E-state index >= 15 is 0 Å². The number of ether oxygens (including phenoxy) is 1. The van der Waals surface area contributed by atoms with Gasteiger partial charge in [0, 0.05) is 38.0 Å². The van der Waals surface area contributed by atoms with Crippen molar-refractivity contribution in [3.05, 3.63) is 70.4 Å². The van der Waals surface area contributed by atoms with Gasteiger partial charge in [-0.05, 0) is 66.2 Å². The Kier molecular flexibility index (Phi) is 6.61. The summed E-state index contributed by atoms with van der Waals surface area (Å²) in [6.45, 7) is 0.549. The summed E-state index contributed by atoms with van der Waals surface area (Å²) in [4.78, 5) is 0. The summed E-state index contributed by atoms with van der Waals surface area (Å²) < 4.78 is 8.55. The van der Waals surface area contributed by atoms with Crippen LogP contribution in [0.1, 0.15) is 54.5 Å². The van der Waals surface area contributed by atoms with Gasteiger partial charge in [0.25, 0.3) is 0 Å². The van der Waals surface area contributed by atoms with Gasteiger partial charge in [-0.1, -0.05) is 41.9 Å². The number of benzene rings is 2. The van der Waals surface area contributed by atoms with E-state index in [2.05, 4.69) is 51.7 Å². The molecular formula is C26H30ClN3O2S. The molecule has 0 unspecified atom stereocenters. The third-order valence-electron chi connectivity index (χ3n) is 6.69. The van der Waals surface area contributed by atoms with E-state index in [0.717, 1.165) is 28.3 Å². The monoisotopic (exact) mass is 483 g/mol. The molecule has 7 heteroatoms. The number of thiocarbonyl (C=S) groups is 1. The minimum Gasteiger partial charge on any atom is -0.393 e. The predicted molar refractivity (Wildman–Crippen MR) is 137 cm³/mol. The first-order chi connectivity index (χ1) is 16.0. The third-order valence-corrected chi connectivity index (χ3v) is 7.36. The highest BCUT2D eigenvalue weighted by molar-refractivity contribution is 7.80. The summed E-state index contributed by atoms with van der Waals surface area (Å²) >= 11 is 11.9. The van der Waals surface area contributed by atoms with Crippen molar-refractivity contribution in [2.24, 2.45) is 0 Å². The second-order valence-electron chi connectivity index (χ2n) is 9.19. The summed E-state index contributed by atoms with van der Waals surface area (Å²) in [5.41, 5.74) is 4.92. The zero-order valence-corrected chi connectivity index (χ0v) is 20.3. The Balaban J connectivity index is 1.42. The Hall–Kier alpha value is -2.12. The average Bonchev–Trinajstić information content (AvgIpc) is 3.60. The molecule has 5 nitrogen and oxygen atoms in total. The number of aliphatic hydroxyl groups is 1. The molecule has 0 radical (unpaired) electrons. The number of hydrogen-bond donors (Lipinski definition) is 3. The van der Waals surface area contributed by atoms with Crippen LogP contribution in [0.25, 0.3) is 10.9 Å². The zero-order chi connectivity index (χ0) is 22.9. The van der Waals surface area contributed by atoms with Gasteiger partial charge in [-0.2, -0.15) is 0 Å². The Bertz CT molecular complexity index is 1140. The smallest absolute Gasteiger partial charge is 0.166 e. The lowest BCUT2D eigenvalue weighted by molar-refractivity contribution is -0.124. The fraction of sp³-hybridized carbons (Fsp3) is 0.423. The molecule has 1 aromatic heterocycles. The van der Waals surface area contributed by atoms with Gasteiger partial charge in [-0.3, -0.25) is 0 Å². The summed E-state index contributed by atoms with van der Waals surface area (Å²) in [6, 6.07) is 15.0. The number of fused-ring (bicyclic) bond motifs is 1. The van der Waals surface area contributed by atoms with Crippen LogP contribution in [-0.4, -0.2) is 40.6 Å². The Labute approximate surface area is 205 Å². The van der Waals surface area contributed by atoms with Gasteiger partial charge in [0.05, 0.1) is 22.7 Å². The van der Waals surface area contributed by atoms with Crippen molar-refractivity contribution in [3.8, 4) is 0 Å². The van der Waals surface area contributed by atoms with Crippen molar-refractivity contribution in [1.29, 1.82) is 0 Å². The van der Waals surface area contributed by atoms with E-state index in [0.29, 0.717) is 24.5 Å². The molecule has 2 aromatic carbocycles. The normalized spacial score (nSPS) is 22.9. The molecule has 2 fully saturated rings. The van der Waals surface area contributed by atoms with E-state index in [1.807, 2.05) is 12.1 Å². The molecule has 3 atom stereocenters. The first kappa shape index (κ1) is 22.7. The molecule has 33 heavy (non-hydrogen) atoms. The number of nitrogens with zero attached hydrogens (tertiary/aromatic N) is 1. The fourth-order valence-electron chi connectivity index (χ4n) is 4.84. The van der Waals surface area contributed by atoms with E-state index in [9.17, 15) is 5.11 Å². The third kappa shape index (κ3) is 5.04. The topological polar surface area (TPSA) is 58.5 Å². The number of rotatable bonds is 6. The molecule has 5 rings (SSSR count). The van der Waals surface area contributed by atoms with Crippen molar-refractivity contribution in [3.63, 3.8) is 0 Å². The van der Waals surface area contributed by atoms with Gasteiger partial charge in [0.15, 0.2) is 5.11 Å². The molecule has 2 heterocycles. The lowest BCUT2D eigenvalue weighted by Crippen LogP contribution is -2.43. The van der Waals surface area contributed by atoms with Crippen LogP contribution >= 0.6 is 23.8 Å². The van der Waals surface area contributed by atoms with Crippen LogP contribution in [-0.2, 0) is 11.2 Å². The van der Waals surface area contributed by atoms with Crippen LogP contribution in [0.5, 0.6) is 0 Å². The zero-order valence-electron chi connectivity index (χ0n) is 18.8. The molecule has 1 saturated carbocycles. The van der Waals surface area contributed by atoms with Crippen LogP contribution in [0.3, 0.4) is 0 Å². The van der Waals surface area contributed by atoms with Crippen molar-refractivity contribution >= 4 is 39.8 Å². The summed E-state index contributed by atoms with van der Waals surface area (Å²) in [6.07, 6.45) is 5.85. The number of nitrogens with one attached hydrogen (secondary N) is 2.